The van der Waals surface area contributed by atoms with E-state index in [4.69, 9.17) is 4.74 Å². The summed E-state index contributed by atoms with van der Waals surface area (Å²) in [4.78, 5) is 18.4. The van der Waals surface area contributed by atoms with Crippen LogP contribution >= 0.6 is 11.3 Å². The molecule has 94 valence electrons. The Hall–Kier alpha value is -0.940. The van der Waals surface area contributed by atoms with Crippen molar-refractivity contribution < 1.29 is 9.53 Å². The van der Waals surface area contributed by atoms with Gasteiger partial charge in [0, 0.05) is 20.2 Å². The van der Waals surface area contributed by atoms with Gasteiger partial charge in [0.25, 0.3) is 0 Å². The fourth-order valence-electron chi connectivity index (χ4n) is 2.02. The summed E-state index contributed by atoms with van der Waals surface area (Å²) in [6, 6.07) is 0. The molecule has 4 nitrogen and oxygen atoms in total. The highest BCUT2D eigenvalue weighted by molar-refractivity contribution is 7.17. The van der Waals surface area contributed by atoms with Gasteiger partial charge in [-0.1, -0.05) is 18.3 Å². The van der Waals surface area contributed by atoms with Gasteiger partial charge < -0.3 is 9.64 Å². The number of hydrogen-bond donors (Lipinski definition) is 0. The standard InChI is InChI=1S/C12H18N2O2S/c1-9-3-5-14(6-4-9)12-13-10(8-16-2)11(7-15)17-12/h7,9H,3-6,8H2,1-2H3. The Morgan fingerprint density at radius 1 is 1.53 bits per heavy atom. The maximum Gasteiger partial charge on any atom is 0.186 e. The summed E-state index contributed by atoms with van der Waals surface area (Å²) in [5.41, 5.74) is 0.765. The monoisotopic (exact) mass is 254 g/mol. The van der Waals surface area contributed by atoms with Gasteiger partial charge in [-0.2, -0.15) is 0 Å². The fourth-order valence-corrected chi connectivity index (χ4v) is 2.95. The van der Waals surface area contributed by atoms with E-state index in [1.165, 1.54) is 24.2 Å². The lowest BCUT2D eigenvalue weighted by molar-refractivity contribution is 0.112. The van der Waals surface area contributed by atoms with Crippen LogP contribution in [0, 0.1) is 5.92 Å². The predicted molar refractivity (Wildman–Crippen MR) is 68.8 cm³/mol. The van der Waals surface area contributed by atoms with Crippen molar-refractivity contribution in [1.29, 1.82) is 0 Å². The topological polar surface area (TPSA) is 42.4 Å². The molecule has 1 aromatic rings. The van der Waals surface area contributed by atoms with Gasteiger partial charge in [0.05, 0.1) is 17.2 Å². The molecule has 0 bridgehead atoms. The van der Waals surface area contributed by atoms with E-state index in [1.54, 1.807) is 7.11 Å². The molecule has 2 heterocycles. The van der Waals surface area contributed by atoms with Crippen molar-refractivity contribution in [3.05, 3.63) is 10.6 Å². The number of anilines is 1. The maximum absolute atomic E-state index is 10.9. The number of thiazole rings is 1. The minimum Gasteiger partial charge on any atom is -0.378 e. The van der Waals surface area contributed by atoms with Gasteiger partial charge in [0.15, 0.2) is 11.4 Å². The molecule has 1 saturated heterocycles. The van der Waals surface area contributed by atoms with Gasteiger partial charge in [-0.3, -0.25) is 4.79 Å². The number of carbonyl (C=O) groups excluding carboxylic acids is 1. The average molecular weight is 254 g/mol. The first-order chi connectivity index (χ1) is 8.24. The number of aromatic nitrogens is 1. The summed E-state index contributed by atoms with van der Waals surface area (Å²) < 4.78 is 5.05. The maximum atomic E-state index is 10.9. The van der Waals surface area contributed by atoms with Crippen molar-refractivity contribution in [2.24, 2.45) is 5.92 Å². The van der Waals surface area contributed by atoms with E-state index in [1.807, 2.05) is 0 Å². The summed E-state index contributed by atoms with van der Waals surface area (Å²) in [5, 5.41) is 0.964. The lowest BCUT2D eigenvalue weighted by Gasteiger charge is -2.29. The summed E-state index contributed by atoms with van der Waals surface area (Å²) in [5.74, 6) is 0.801. The van der Waals surface area contributed by atoms with E-state index in [0.29, 0.717) is 11.5 Å². The zero-order chi connectivity index (χ0) is 12.3. The van der Waals surface area contributed by atoms with Crippen molar-refractivity contribution in [3.63, 3.8) is 0 Å². The summed E-state index contributed by atoms with van der Waals surface area (Å²) in [7, 11) is 1.62. The molecule has 0 atom stereocenters. The third-order valence-corrected chi connectivity index (χ3v) is 4.24. The van der Waals surface area contributed by atoms with Crippen LogP contribution in [0.4, 0.5) is 5.13 Å². The molecule has 0 unspecified atom stereocenters. The molecular formula is C12H18N2O2S. The number of rotatable bonds is 4. The second-order valence-electron chi connectivity index (χ2n) is 4.53. The van der Waals surface area contributed by atoms with E-state index in [9.17, 15) is 4.79 Å². The van der Waals surface area contributed by atoms with E-state index in [2.05, 4.69) is 16.8 Å². The van der Waals surface area contributed by atoms with Gasteiger partial charge in [-0.05, 0) is 18.8 Å². The zero-order valence-electron chi connectivity index (χ0n) is 10.3. The zero-order valence-corrected chi connectivity index (χ0v) is 11.1. The van der Waals surface area contributed by atoms with E-state index in [0.717, 1.165) is 36.1 Å². The molecule has 0 amide bonds. The number of hydrogen-bond acceptors (Lipinski definition) is 5. The molecule has 1 aromatic heterocycles. The van der Waals surface area contributed by atoms with Crippen LogP contribution in [0.5, 0.6) is 0 Å². The summed E-state index contributed by atoms with van der Waals surface area (Å²) in [6.07, 6.45) is 3.29. The number of carbonyl (C=O) groups is 1. The molecule has 5 heteroatoms. The van der Waals surface area contributed by atoms with Crippen molar-refractivity contribution in [2.45, 2.75) is 26.4 Å². The summed E-state index contributed by atoms with van der Waals surface area (Å²) >= 11 is 1.47. The number of piperidine rings is 1. The Balaban J connectivity index is 2.12. The fraction of sp³-hybridized carbons (Fsp3) is 0.667. The number of methoxy groups -OCH3 is 1. The summed E-state index contributed by atoms with van der Waals surface area (Å²) in [6.45, 7) is 4.78. The first-order valence-electron chi connectivity index (χ1n) is 5.93. The molecule has 1 aliphatic heterocycles. The smallest absolute Gasteiger partial charge is 0.186 e. The van der Waals surface area contributed by atoms with Crippen molar-refractivity contribution in [1.82, 2.24) is 4.98 Å². The molecule has 0 aromatic carbocycles. The molecule has 0 radical (unpaired) electrons. The second kappa shape index (κ2) is 5.60. The van der Waals surface area contributed by atoms with Crippen molar-refractivity contribution in [3.8, 4) is 0 Å². The number of ether oxygens (including phenoxy) is 1. The van der Waals surface area contributed by atoms with Crippen LogP contribution in [-0.4, -0.2) is 31.5 Å². The molecule has 1 fully saturated rings. The van der Waals surface area contributed by atoms with Crippen LogP contribution in [-0.2, 0) is 11.3 Å². The Morgan fingerprint density at radius 2 is 2.24 bits per heavy atom. The highest BCUT2D eigenvalue weighted by atomic mass is 32.1. The first-order valence-corrected chi connectivity index (χ1v) is 6.75. The van der Waals surface area contributed by atoms with E-state index in [-0.39, 0.29) is 0 Å². The molecule has 2 rings (SSSR count). The predicted octanol–water partition coefficient (Wildman–Crippen LogP) is 2.34. The number of nitrogens with zero attached hydrogens (tertiary/aromatic N) is 2. The van der Waals surface area contributed by atoms with Gasteiger partial charge in [-0.25, -0.2) is 4.98 Å². The van der Waals surface area contributed by atoms with Crippen LogP contribution in [0.1, 0.15) is 35.1 Å². The SMILES string of the molecule is COCc1nc(N2CCC(C)CC2)sc1C=O. The average Bonchev–Trinajstić information content (AvgIpc) is 2.74. The van der Waals surface area contributed by atoms with Crippen molar-refractivity contribution in [2.75, 3.05) is 25.1 Å². The van der Waals surface area contributed by atoms with Crippen LogP contribution in [0.15, 0.2) is 0 Å². The molecular weight excluding hydrogens is 236 g/mol. The van der Waals surface area contributed by atoms with Crippen LogP contribution < -0.4 is 4.90 Å². The Bertz CT molecular complexity index is 384. The van der Waals surface area contributed by atoms with Gasteiger partial charge in [-0.15, -0.1) is 0 Å². The van der Waals surface area contributed by atoms with Crippen molar-refractivity contribution >= 4 is 22.8 Å². The molecule has 0 aliphatic carbocycles. The van der Waals surface area contributed by atoms with Crippen LogP contribution in [0.3, 0.4) is 0 Å². The van der Waals surface area contributed by atoms with Gasteiger partial charge >= 0.3 is 0 Å². The van der Waals surface area contributed by atoms with Crippen LogP contribution in [0.2, 0.25) is 0 Å². The quantitative estimate of drug-likeness (QED) is 0.773. The van der Waals surface area contributed by atoms with E-state index >= 15 is 0 Å². The highest BCUT2D eigenvalue weighted by Gasteiger charge is 2.20. The molecule has 0 spiro atoms. The molecule has 1 aliphatic rings. The lowest BCUT2D eigenvalue weighted by atomic mass is 10.00. The minimum atomic E-state index is 0.412. The molecule has 0 N–H and O–H groups in total. The largest absolute Gasteiger partial charge is 0.378 e. The lowest BCUT2D eigenvalue weighted by Crippen LogP contribution is -2.32. The number of aldehydes is 1. The Morgan fingerprint density at radius 3 is 2.82 bits per heavy atom. The first kappa shape index (κ1) is 12.5. The third-order valence-electron chi connectivity index (χ3n) is 3.16. The minimum absolute atomic E-state index is 0.412. The van der Waals surface area contributed by atoms with Gasteiger partial charge in [0.1, 0.15) is 0 Å². The Kier molecular flexibility index (Phi) is 4.12. The normalized spacial score (nSPS) is 17.4. The molecule has 17 heavy (non-hydrogen) atoms. The highest BCUT2D eigenvalue weighted by Crippen LogP contribution is 2.29. The third kappa shape index (κ3) is 2.84. The Labute approximate surface area is 106 Å². The van der Waals surface area contributed by atoms with E-state index < -0.39 is 0 Å². The van der Waals surface area contributed by atoms with Crippen LogP contribution in [0.25, 0.3) is 0 Å². The second-order valence-corrected chi connectivity index (χ2v) is 5.54. The molecule has 0 saturated carbocycles. The van der Waals surface area contributed by atoms with Gasteiger partial charge in [0.2, 0.25) is 0 Å².